The second-order valence-corrected chi connectivity index (χ2v) is 4.29. The Bertz CT molecular complexity index is 564. The number of nitrogens with zero attached hydrogens (tertiary/aromatic N) is 3. The Kier molecular flexibility index (Phi) is 4.51. The molecule has 1 heterocycles. The molecule has 1 unspecified atom stereocenters. The molecule has 0 saturated heterocycles. The number of carbonyl (C=O) groups excluding carboxylic acids is 1. The van der Waals surface area contributed by atoms with Gasteiger partial charge in [0, 0.05) is 19.4 Å². The van der Waals surface area contributed by atoms with Crippen molar-refractivity contribution in [2.75, 3.05) is 0 Å². The van der Waals surface area contributed by atoms with E-state index in [9.17, 15) is 18.0 Å². The Morgan fingerprint density at radius 3 is 2.60 bits per heavy atom. The van der Waals surface area contributed by atoms with Crippen LogP contribution in [0.25, 0.3) is 4.85 Å². The second-order valence-electron chi connectivity index (χ2n) is 4.29. The zero-order chi connectivity index (χ0) is 15.4. The van der Waals surface area contributed by atoms with Crippen LogP contribution >= 0.6 is 0 Å². The summed E-state index contributed by atoms with van der Waals surface area (Å²) in [6.45, 7) is 8.20. The molecule has 0 aliphatic carbocycles. The van der Waals surface area contributed by atoms with Crippen LogP contribution in [0.4, 0.5) is 13.2 Å². The molecular formula is C12H10F3N3O2. The lowest BCUT2D eigenvalue weighted by Gasteiger charge is -2.14. The van der Waals surface area contributed by atoms with Crippen molar-refractivity contribution < 1.29 is 22.5 Å². The number of aromatic nitrogens is 1. The standard InChI is InChI=1S/C12H10F3N3O2/c1-8(19)10-5-9(18-20-10)6-11(7-16,17-2)3-4-12(13,14)15/h5H,3-4,6H2,1H3. The molecule has 8 heteroatoms. The molecule has 0 aromatic carbocycles. The van der Waals surface area contributed by atoms with E-state index in [-0.39, 0.29) is 17.9 Å². The van der Waals surface area contributed by atoms with Crippen molar-refractivity contribution in [3.63, 3.8) is 0 Å². The first kappa shape index (κ1) is 15.7. The number of halogens is 3. The van der Waals surface area contributed by atoms with Crippen LogP contribution in [0.2, 0.25) is 0 Å². The van der Waals surface area contributed by atoms with Gasteiger partial charge in [-0.15, -0.1) is 0 Å². The van der Waals surface area contributed by atoms with Crippen LogP contribution in [-0.4, -0.2) is 22.7 Å². The number of hydrogen-bond donors (Lipinski definition) is 0. The van der Waals surface area contributed by atoms with E-state index in [1.165, 1.54) is 13.0 Å². The lowest BCUT2D eigenvalue weighted by atomic mass is 9.90. The van der Waals surface area contributed by atoms with Crippen LogP contribution < -0.4 is 0 Å². The molecule has 0 spiro atoms. The van der Waals surface area contributed by atoms with Gasteiger partial charge in [-0.3, -0.25) is 9.64 Å². The zero-order valence-corrected chi connectivity index (χ0v) is 10.5. The van der Waals surface area contributed by atoms with Gasteiger partial charge in [0.2, 0.25) is 5.76 Å². The highest BCUT2D eigenvalue weighted by atomic mass is 19.4. The van der Waals surface area contributed by atoms with E-state index in [1.807, 2.05) is 0 Å². The van der Waals surface area contributed by atoms with Gasteiger partial charge in [-0.05, 0) is 0 Å². The number of ketones is 1. The molecule has 1 aromatic heterocycles. The maximum Gasteiger partial charge on any atom is 0.389 e. The number of rotatable bonds is 5. The molecular weight excluding hydrogens is 275 g/mol. The summed E-state index contributed by atoms with van der Waals surface area (Å²) in [7, 11) is 0. The molecule has 1 atom stereocenters. The van der Waals surface area contributed by atoms with Gasteiger partial charge in [-0.25, -0.2) is 6.57 Å². The molecule has 5 nitrogen and oxygen atoms in total. The number of Topliss-reactive ketones (excluding diaryl/α,β-unsaturated/α-hetero) is 1. The highest BCUT2D eigenvalue weighted by molar-refractivity contribution is 5.91. The van der Waals surface area contributed by atoms with Crippen molar-refractivity contribution in [2.24, 2.45) is 0 Å². The first-order chi connectivity index (χ1) is 9.21. The summed E-state index contributed by atoms with van der Waals surface area (Å²) in [6.07, 6.45) is -6.65. The predicted molar refractivity (Wildman–Crippen MR) is 60.4 cm³/mol. The van der Waals surface area contributed by atoms with Crippen molar-refractivity contribution in [1.29, 1.82) is 5.26 Å². The van der Waals surface area contributed by atoms with Crippen molar-refractivity contribution in [3.05, 3.63) is 28.9 Å². The molecule has 0 amide bonds. The summed E-state index contributed by atoms with van der Waals surface area (Å²) >= 11 is 0. The van der Waals surface area contributed by atoms with Crippen molar-refractivity contribution >= 4 is 5.78 Å². The van der Waals surface area contributed by atoms with Gasteiger partial charge in [0.25, 0.3) is 0 Å². The van der Waals surface area contributed by atoms with Crippen LogP contribution in [0.15, 0.2) is 10.6 Å². The van der Waals surface area contributed by atoms with Gasteiger partial charge in [0.15, 0.2) is 11.9 Å². The topological polar surface area (TPSA) is 71.2 Å². The first-order valence-corrected chi connectivity index (χ1v) is 5.54. The second kappa shape index (κ2) is 5.74. The van der Waals surface area contributed by atoms with E-state index in [0.29, 0.717) is 0 Å². The van der Waals surface area contributed by atoms with Gasteiger partial charge < -0.3 is 4.52 Å². The Morgan fingerprint density at radius 2 is 2.20 bits per heavy atom. The average molecular weight is 285 g/mol. The molecule has 0 bridgehead atoms. The maximum absolute atomic E-state index is 12.2. The SMILES string of the molecule is [C-]#[N+]C(C#N)(CCC(F)(F)F)Cc1cc(C(C)=O)on1. The normalized spacial score (nSPS) is 14.1. The van der Waals surface area contributed by atoms with E-state index in [1.54, 1.807) is 6.07 Å². The number of carbonyl (C=O) groups is 1. The number of hydrogen-bond acceptors (Lipinski definition) is 4. The highest BCUT2D eigenvalue weighted by Crippen LogP contribution is 2.30. The van der Waals surface area contributed by atoms with Crippen LogP contribution in [-0.2, 0) is 6.42 Å². The third-order valence-corrected chi connectivity index (χ3v) is 2.62. The summed E-state index contributed by atoms with van der Waals surface area (Å²) in [5, 5.41) is 12.5. The quantitative estimate of drug-likeness (QED) is 0.616. The molecule has 0 aliphatic rings. The lowest BCUT2D eigenvalue weighted by Crippen LogP contribution is -2.28. The predicted octanol–water partition coefficient (Wildman–Crippen LogP) is 2.94. The van der Waals surface area contributed by atoms with E-state index in [2.05, 4.69) is 14.5 Å². The number of alkyl halides is 3. The van der Waals surface area contributed by atoms with Crippen molar-refractivity contribution in [2.45, 2.75) is 37.9 Å². The fraction of sp³-hybridized carbons (Fsp3) is 0.500. The van der Waals surface area contributed by atoms with Crippen molar-refractivity contribution in [3.8, 4) is 6.07 Å². The van der Waals surface area contributed by atoms with Gasteiger partial charge in [0.1, 0.15) is 0 Å². The minimum atomic E-state index is -4.44. The van der Waals surface area contributed by atoms with E-state index in [0.717, 1.165) is 0 Å². The van der Waals surface area contributed by atoms with Gasteiger partial charge in [-0.2, -0.15) is 18.4 Å². The summed E-state index contributed by atoms with van der Waals surface area (Å²) in [4.78, 5) is 14.0. The lowest BCUT2D eigenvalue weighted by molar-refractivity contribution is -0.136. The molecule has 0 saturated carbocycles. The van der Waals surface area contributed by atoms with Gasteiger partial charge in [0.05, 0.1) is 18.5 Å². The summed E-state index contributed by atoms with van der Waals surface area (Å²) in [5.41, 5.74) is -1.75. The van der Waals surface area contributed by atoms with E-state index in [4.69, 9.17) is 11.8 Å². The summed E-state index contributed by atoms with van der Waals surface area (Å²) in [5.74, 6) is -0.461. The maximum atomic E-state index is 12.2. The zero-order valence-electron chi connectivity index (χ0n) is 10.5. The van der Waals surface area contributed by atoms with E-state index >= 15 is 0 Å². The fourth-order valence-corrected chi connectivity index (χ4v) is 1.51. The molecule has 0 N–H and O–H groups in total. The Labute approximate surface area is 112 Å². The highest BCUT2D eigenvalue weighted by Gasteiger charge is 2.42. The smallest absolute Gasteiger partial charge is 0.353 e. The third-order valence-electron chi connectivity index (χ3n) is 2.62. The monoisotopic (exact) mass is 285 g/mol. The van der Waals surface area contributed by atoms with Crippen LogP contribution in [0.1, 0.15) is 36.0 Å². The molecule has 0 fully saturated rings. The van der Waals surface area contributed by atoms with Gasteiger partial charge >= 0.3 is 11.7 Å². The first-order valence-electron chi connectivity index (χ1n) is 5.54. The Morgan fingerprint density at radius 1 is 1.55 bits per heavy atom. The Hall–Kier alpha value is -2.35. The van der Waals surface area contributed by atoms with E-state index < -0.39 is 30.3 Å². The Balaban J connectivity index is 2.89. The molecule has 1 rings (SSSR count). The molecule has 0 aliphatic heterocycles. The van der Waals surface area contributed by atoms with Crippen LogP contribution in [0.3, 0.4) is 0 Å². The number of nitriles is 1. The molecule has 1 aromatic rings. The molecule has 106 valence electrons. The largest absolute Gasteiger partial charge is 0.389 e. The fourth-order valence-electron chi connectivity index (χ4n) is 1.51. The third kappa shape index (κ3) is 4.09. The minimum absolute atomic E-state index is 0.0624. The van der Waals surface area contributed by atoms with Crippen LogP contribution in [0.5, 0.6) is 0 Å². The molecule has 20 heavy (non-hydrogen) atoms. The molecule has 0 radical (unpaired) electrons. The summed E-state index contributed by atoms with van der Waals surface area (Å²) in [6, 6.07) is 2.83. The minimum Gasteiger partial charge on any atom is -0.353 e. The average Bonchev–Trinajstić information content (AvgIpc) is 2.82. The van der Waals surface area contributed by atoms with Gasteiger partial charge in [-0.1, -0.05) is 5.16 Å². The van der Waals surface area contributed by atoms with Crippen LogP contribution in [0, 0.1) is 17.9 Å². The summed E-state index contributed by atoms with van der Waals surface area (Å²) < 4.78 is 41.3. The van der Waals surface area contributed by atoms with Crippen molar-refractivity contribution in [1.82, 2.24) is 5.16 Å².